The molecule has 0 amide bonds. The van der Waals surface area contributed by atoms with Crippen LogP contribution in [0.2, 0.25) is 0 Å². The van der Waals surface area contributed by atoms with Crippen LogP contribution < -0.4 is 0 Å². The van der Waals surface area contributed by atoms with Crippen LogP contribution >= 0.6 is 0 Å². The Labute approximate surface area is 142 Å². The number of ether oxygens (including phenoxy) is 1. The van der Waals surface area contributed by atoms with Crippen LogP contribution in [0.25, 0.3) is 11.5 Å². The molecule has 0 aliphatic carbocycles. The lowest BCUT2D eigenvalue weighted by Crippen LogP contribution is -2.09. The largest absolute Gasteiger partial charge is 0.454 e. The molecule has 25 heavy (non-hydrogen) atoms. The average Bonchev–Trinajstić information content (AvgIpc) is 3.16. The quantitative estimate of drug-likeness (QED) is 0.397. The van der Waals surface area contributed by atoms with Crippen LogP contribution in [0.4, 0.5) is 5.69 Å². The van der Waals surface area contributed by atoms with Gasteiger partial charge in [-0.05, 0) is 36.8 Å². The van der Waals surface area contributed by atoms with Gasteiger partial charge in [-0.3, -0.25) is 10.1 Å². The third kappa shape index (κ3) is 3.69. The Kier molecular flexibility index (Phi) is 4.51. The van der Waals surface area contributed by atoms with E-state index >= 15 is 0 Å². The molecule has 0 aliphatic heterocycles. The maximum absolute atomic E-state index is 12.2. The minimum absolute atomic E-state index is 0.0516. The summed E-state index contributed by atoms with van der Waals surface area (Å²) < 4.78 is 10.5. The maximum atomic E-state index is 12.2. The lowest BCUT2D eigenvalue weighted by atomic mass is 10.1. The molecule has 1 atom stereocenters. The monoisotopic (exact) mass is 339 g/mol. The normalized spacial score (nSPS) is 11.7. The summed E-state index contributed by atoms with van der Waals surface area (Å²) in [6.45, 7) is 1.66. The van der Waals surface area contributed by atoms with E-state index < -0.39 is 17.0 Å². The number of carbonyl (C=O) groups excluding carboxylic acids is 1. The summed E-state index contributed by atoms with van der Waals surface area (Å²) >= 11 is 0. The van der Waals surface area contributed by atoms with E-state index in [2.05, 4.69) is 10.2 Å². The van der Waals surface area contributed by atoms with Crippen molar-refractivity contribution in [3.63, 3.8) is 0 Å². The van der Waals surface area contributed by atoms with E-state index in [1.807, 2.05) is 0 Å². The number of non-ortho nitro benzene ring substituents is 1. The average molecular weight is 339 g/mol. The number of nitro groups is 1. The van der Waals surface area contributed by atoms with Crippen molar-refractivity contribution >= 4 is 11.7 Å². The van der Waals surface area contributed by atoms with E-state index in [-0.39, 0.29) is 5.69 Å². The van der Waals surface area contributed by atoms with Gasteiger partial charge in [0.2, 0.25) is 12.3 Å². The van der Waals surface area contributed by atoms with Crippen molar-refractivity contribution in [1.82, 2.24) is 10.2 Å². The molecule has 0 bridgehead atoms. The molecule has 0 aliphatic rings. The number of rotatable bonds is 5. The highest BCUT2D eigenvalue weighted by atomic mass is 16.6. The van der Waals surface area contributed by atoms with Crippen LogP contribution in [0.1, 0.15) is 28.9 Å². The van der Waals surface area contributed by atoms with Gasteiger partial charge < -0.3 is 9.15 Å². The first-order chi connectivity index (χ1) is 12.0. The zero-order chi connectivity index (χ0) is 17.8. The molecule has 1 aromatic heterocycles. The Morgan fingerprint density at radius 2 is 2.00 bits per heavy atom. The fourth-order valence-corrected chi connectivity index (χ4v) is 2.24. The zero-order valence-electron chi connectivity index (χ0n) is 13.2. The molecule has 0 fully saturated rings. The summed E-state index contributed by atoms with van der Waals surface area (Å²) in [5.41, 5.74) is 1.52. The molecule has 0 N–H and O–H groups in total. The second-order valence-electron chi connectivity index (χ2n) is 5.22. The minimum atomic E-state index is -0.622. The molecule has 0 saturated heterocycles. The van der Waals surface area contributed by atoms with Crippen molar-refractivity contribution < 1.29 is 18.9 Å². The molecule has 2 aromatic carbocycles. The standard InChI is InChI=1S/C17H13N3O5/c1-11(14-3-2-4-15(9-14)20(22)23)25-17(21)13-7-5-12(6-8-13)16-19-18-10-24-16/h2-11H,1H3/t11-/m0/s1. The molecule has 0 spiro atoms. The summed E-state index contributed by atoms with van der Waals surface area (Å²) in [4.78, 5) is 22.6. The van der Waals surface area contributed by atoms with Gasteiger partial charge in [-0.15, -0.1) is 10.2 Å². The number of hydrogen-bond acceptors (Lipinski definition) is 7. The number of aromatic nitrogens is 2. The molecule has 0 radical (unpaired) electrons. The van der Waals surface area contributed by atoms with E-state index in [1.54, 1.807) is 43.3 Å². The highest BCUT2D eigenvalue weighted by Crippen LogP contribution is 2.23. The third-order valence-corrected chi connectivity index (χ3v) is 3.56. The Balaban J connectivity index is 1.71. The van der Waals surface area contributed by atoms with Crippen molar-refractivity contribution in [2.24, 2.45) is 0 Å². The Morgan fingerprint density at radius 1 is 1.24 bits per heavy atom. The van der Waals surface area contributed by atoms with Crippen LogP contribution in [0, 0.1) is 10.1 Å². The van der Waals surface area contributed by atoms with Gasteiger partial charge >= 0.3 is 5.97 Å². The Bertz CT molecular complexity index is 891. The van der Waals surface area contributed by atoms with Crippen molar-refractivity contribution in [1.29, 1.82) is 0 Å². The minimum Gasteiger partial charge on any atom is -0.454 e. The van der Waals surface area contributed by atoms with Gasteiger partial charge in [0.15, 0.2) is 0 Å². The van der Waals surface area contributed by atoms with Crippen molar-refractivity contribution in [3.05, 3.63) is 76.2 Å². The number of hydrogen-bond donors (Lipinski definition) is 0. The molecule has 0 unspecified atom stereocenters. The van der Waals surface area contributed by atoms with Crippen LogP contribution in [0.5, 0.6) is 0 Å². The van der Waals surface area contributed by atoms with Crippen LogP contribution in [-0.2, 0) is 4.74 Å². The van der Waals surface area contributed by atoms with Crippen molar-refractivity contribution in [3.8, 4) is 11.5 Å². The molecule has 8 heteroatoms. The van der Waals surface area contributed by atoms with E-state index in [4.69, 9.17) is 9.15 Å². The van der Waals surface area contributed by atoms with Crippen molar-refractivity contribution in [2.75, 3.05) is 0 Å². The van der Waals surface area contributed by atoms with E-state index in [1.165, 1.54) is 18.5 Å². The second kappa shape index (κ2) is 6.91. The summed E-state index contributed by atoms with van der Waals surface area (Å²) in [5.74, 6) is -0.180. The van der Waals surface area contributed by atoms with Crippen molar-refractivity contribution in [2.45, 2.75) is 13.0 Å². The third-order valence-electron chi connectivity index (χ3n) is 3.56. The number of carbonyl (C=O) groups is 1. The van der Waals surface area contributed by atoms with E-state index in [0.717, 1.165) is 0 Å². The molecular formula is C17H13N3O5. The molecule has 126 valence electrons. The summed E-state index contributed by atoms with van der Waals surface area (Å²) in [7, 11) is 0. The fourth-order valence-electron chi connectivity index (χ4n) is 2.24. The topological polar surface area (TPSA) is 108 Å². The first-order valence-electron chi connectivity index (χ1n) is 7.36. The Morgan fingerprint density at radius 3 is 2.64 bits per heavy atom. The van der Waals surface area contributed by atoms with Gasteiger partial charge in [-0.2, -0.15) is 0 Å². The number of esters is 1. The summed E-state index contributed by atoms with van der Waals surface area (Å²) in [6, 6.07) is 12.5. The number of nitro benzene ring substituents is 1. The molecule has 8 nitrogen and oxygen atoms in total. The SMILES string of the molecule is C[C@H](OC(=O)c1ccc(-c2nnco2)cc1)c1cccc([N+](=O)[O-])c1. The van der Waals surface area contributed by atoms with Crippen LogP contribution in [0.15, 0.2) is 59.3 Å². The summed E-state index contributed by atoms with van der Waals surface area (Å²) in [6.07, 6.45) is 0.598. The van der Waals surface area contributed by atoms with E-state index in [9.17, 15) is 14.9 Å². The predicted octanol–water partition coefficient (Wildman–Crippen LogP) is 3.56. The van der Waals surface area contributed by atoms with Gasteiger partial charge in [0.05, 0.1) is 10.5 Å². The lowest BCUT2D eigenvalue weighted by Gasteiger charge is -2.13. The van der Waals surface area contributed by atoms with Gasteiger partial charge in [-0.25, -0.2) is 4.79 Å². The van der Waals surface area contributed by atoms with Gasteiger partial charge in [-0.1, -0.05) is 12.1 Å². The van der Waals surface area contributed by atoms with Gasteiger partial charge in [0, 0.05) is 17.7 Å². The van der Waals surface area contributed by atoms with Crippen LogP contribution in [0.3, 0.4) is 0 Å². The van der Waals surface area contributed by atoms with Gasteiger partial charge in [0.25, 0.3) is 5.69 Å². The first-order valence-corrected chi connectivity index (χ1v) is 7.36. The molecule has 1 heterocycles. The molecular weight excluding hydrogens is 326 g/mol. The molecule has 3 rings (SSSR count). The summed E-state index contributed by atoms with van der Waals surface area (Å²) in [5, 5.41) is 18.2. The number of nitrogens with zero attached hydrogens (tertiary/aromatic N) is 3. The highest BCUT2D eigenvalue weighted by molar-refractivity contribution is 5.90. The number of benzene rings is 2. The highest BCUT2D eigenvalue weighted by Gasteiger charge is 2.16. The zero-order valence-corrected chi connectivity index (χ0v) is 13.2. The first kappa shape index (κ1) is 16.3. The second-order valence-corrected chi connectivity index (χ2v) is 5.22. The Hall–Kier alpha value is -3.55. The molecule has 3 aromatic rings. The lowest BCUT2D eigenvalue weighted by molar-refractivity contribution is -0.385. The molecule has 0 saturated carbocycles. The maximum Gasteiger partial charge on any atom is 0.338 e. The van der Waals surface area contributed by atoms with Gasteiger partial charge in [0.1, 0.15) is 6.10 Å². The predicted molar refractivity (Wildman–Crippen MR) is 86.7 cm³/mol. The smallest absolute Gasteiger partial charge is 0.338 e. The fraction of sp³-hybridized carbons (Fsp3) is 0.118. The van der Waals surface area contributed by atoms with E-state index in [0.29, 0.717) is 22.6 Å². The van der Waals surface area contributed by atoms with Crippen LogP contribution in [-0.4, -0.2) is 21.1 Å².